The van der Waals surface area contributed by atoms with Gasteiger partial charge in [0.05, 0.1) is 0 Å². The first-order valence-electron chi connectivity index (χ1n) is 5.27. The van der Waals surface area contributed by atoms with E-state index in [9.17, 15) is 4.79 Å². The summed E-state index contributed by atoms with van der Waals surface area (Å²) >= 11 is 0. The molecule has 2 atom stereocenters. The predicted octanol–water partition coefficient (Wildman–Crippen LogP) is 1.13. The first-order chi connectivity index (χ1) is 6.53. The Hall–Kier alpha value is -0.610. The van der Waals surface area contributed by atoms with Gasteiger partial charge in [-0.1, -0.05) is 20.8 Å². The second kappa shape index (κ2) is 4.28. The molecule has 4 nitrogen and oxygen atoms in total. The van der Waals surface area contributed by atoms with E-state index in [4.69, 9.17) is 5.11 Å². The molecule has 4 heteroatoms. The Morgan fingerprint density at radius 3 is 2.36 bits per heavy atom. The van der Waals surface area contributed by atoms with Gasteiger partial charge in [-0.2, -0.15) is 0 Å². The molecule has 1 fully saturated rings. The van der Waals surface area contributed by atoms with Crippen LogP contribution < -0.4 is 10.9 Å². The van der Waals surface area contributed by atoms with Gasteiger partial charge in [-0.3, -0.25) is 10.2 Å². The highest BCUT2D eigenvalue weighted by Crippen LogP contribution is 2.33. The number of hydrogen-bond acceptors (Lipinski definition) is 3. The summed E-state index contributed by atoms with van der Waals surface area (Å²) in [7, 11) is 0. The molecule has 1 aliphatic heterocycles. The minimum Gasteiger partial charge on any atom is -0.480 e. The Morgan fingerprint density at radius 1 is 1.43 bits per heavy atom. The third kappa shape index (κ3) is 2.07. The minimum atomic E-state index is -0.769. The first kappa shape index (κ1) is 11.5. The second-order valence-corrected chi connectivity index (χ2v) is 4.33. The number of carboxylic acid groups (broad SMARTS) is 1. The minimum absolute atomic E-state index is 0.192. The van der Waals surface area contributed by atoms with Crippen LogP contribution in [0.4, 0.5) is 0 Å². The van der Waals surface area contributed by atoms with Crippen molar-refractivity contribution >= 4 is 5.97 Å². The van der Waals surface area contributed by atoms with Crippen LogP contribution in [0.1, 0.15) is 40.0 Å². The normalized spacial score (nSPS) is 27.9. The lowest BCUT2D eigenvalue weighted by Crippen LogP contribution is -2.43. The van der Waals surface area contributed by atoms with Crippen molar-refractivity contribution in [3.05, 3.63) is 0 Å². The fourth-order valence-corrected chi connectivity index (χ4v) is 1.92. The highest BCUT2D eigenvalue weighted by molar-refractivity contribution is 5.73. The Morgan fingerprint density at radius 2 is 2.00 bits per heavy atom. The van der Waals surface area contributed by atoms with Crippen LogP contribution in [0.5, 0.6) is 0 Å². The topological polar surface area (TPSA) is 61.4 Å². The van der Waals surface area contributed by atoms with Gasteiger partial charge in [-0.05, 0) is 24.7 Å². The molecule has 0 aliphatic carbocycles. The van der Waals surface area contributed by atoms with Crippen LogP contribution >= 0.6 is 0 Å². The summed E-state index contributed by atoms with van der Waals surface area (Å²) in [5.74, 6) is -0.769. The average Bonchev–Trinajstić information content (AvgIpc) is 2.66. The molecule has 2 unspecified atom stereocenters. The Labute approximate surface area is 85.0 Å². The number of carboxylic acids is 1. The molecule has 82 valence electrons. The standard InChI is InChI=1S/C10H20N2O2/c1-4-10(3,5-2)8-6-7(9(13)14)11-12-8/h7-8,11-12H,4-6H2,1-3H3,(H,13,14). The van der Waals surface area contributed by atoms with E-state index in [1.165, 1.54) is 0 Å². The summed E-state index contributed by atoms with van der Waals surface area (Å²) in [5.41, 5.74) is 6.12. The van der Waals surface area contributed by atoms with E-state index in [2.05, 4.69) is 31.6 Å². The Balaban J connectivity index is 2.60. The molecular formula is C10H20N2O2. The molecule has 0 aromatic heterocycles. The molecule has 1 aliphatic rings. The maximum atomic E-state index is 10.7. The van der Waals surface area contributed by atoms with Crippen molar-refractivity contribution in [2.45, 2.75) is 52.1 Å². The number of carbonyl (C=O) groups is 1. The predicted molar refractivity (Wildman–Crippen MR) is 54.8 cm³/mol. The molecule has 0 aromatic carbocycles. The third-order valence-electron chi connectivity index (χ3n) is 3.66. The fraction of sp³-hybridized carbons (Fsp3) is 0.900. The molecule has 0 aromatic rings. The maximum Gasteiger partial charge on any atom is 0.322 e. The molecule has 0 radical (unpaired) electrons. The van der Waals surface area contributed by atoms with E-state index in [0.717, 1.165) is 12.8 Å². The average molecular weight is 200 g/mol. The van der Waals surface area contributed by atoms with Gasteiger partial charge in [0.15, 0.2) is 0 Å². The lowest BCUT2D eigenvalue weighted by molar-refractivity contribution is -0.139. The van der Waals surface area contributed by atoms with Crippen LogP contribution in [0.3, 0.4) is 0 Å². The Bertz CT molecular complexity index is 214. The number of nitrogens with one attached hydrogen (secondary N) is 2. The zero-order valence-corrected chi connectivity index (χ0v) is 9.13. The summed E-state index contributed by atoms with van der Waals surface area (Å²) in [4.78, 5) is 10.7. The van der Waals surface area contributed by atoms with Gasteiger partial charge >= 0.3 is 5.97 Å². The van der Waals surface area contributed by atoms with Crippen LogP contribution in [-0.2, 0) is 4.79 Å². The second-order valence-electron chi connectivity index (χ2n) is 4.33. The van der Waals surface area contributed by atoms with E-state index >= 15 is 0 Å². The summed E-state index contributed by atoms with van der Waals surface area (Å²) in [6, 6.07) is -0.170. The van der Waals surface area contributed by atoms with Gasteiger partial charge in [0.1, 0.15) is 6.04 Å². The summed E-state index contributed by atoms with van der Waals surface area (Å²) in [6.45, 7) is 6.51. The molecule has 0 bridgehead atoms. The van der Waals surface area contributed by atoms with Crippen molar-refractivity contribution in [1.82, 2.24) is 10.9 Å². The lowest BCUT2D eigenvalue weighted by atomic mass is 9.76. The highest BCUT2D eigenvalue weighted by atomic mass is 16.4. The monoisotopic (exact) mass is 200 g/mol. The zero-order chi connectivity index (χ0) is 10.8. The van der Waals surface area contributed by atoms with Crippen LogP contribution in [0.15, 0.2) is 0 Å². The van der Waals surface area contributed by atoms with Crippen LogP contribution in [-0.4, -0.2) is 23.2 Å². The largest absolute Gasteiger partial charge is 0.480 e. The summed E-state index contributed by atoms with van der Waals surface area (Å²) in [5, 5.41) is 8.84. The Kier molecular flexibility index (Phi) is 3.50. The van der Waals surface area contributed by atoms with E-state index in [-0.39, 0.29) is 11.5 Å². The van der Waals surface area contributed by atoms with Crippen molar-refractivity contribution in [1.29, 1.82) is 0 Å². The number of rotatable bonds is 4. The van der Waals surface area contributed by atoms with Crippen molar-refractivity contribution < 1.29 is 9.90 Å². The van der Waals surface area contributed by atoms with Crippen LogP contribution in [0.2, 0.25) is 0 Å². The van der Waals surface area contributed by atoms with E-state index in [1.807, 2.05) is 0 Å². The van der Waals surface area contributed by atoms with Crippen molar-refractivity contribution in [2.75, 3.05) is 0 Å². The SMILES string of the molecule is CCC(C)(CC)C1CC(C(=O)O)NN1. The fourth-order valence-electron chi connectivity index (χ4n) is 1.92. The smallest absolute Gasteiger partial charge is 0.322 e. The molecule has 0 spiro atoms. The molecule has 0 saturated carbocycles. The summed E-state index contributed by atoms with van der Waals surface area (Å²) < 4.78 is 0. The third-order valence-corrected chi connectivity index (χ3v) is 3.66. The number of hydrogen-bond donors (Lipinski definition) is 3. The zero-order valence-electron chi connectivity index (χ0n) is 9.13. The van der Waals surface area contributed by atoms with Crippen LogP contribution in [0, 0.1) is 5.41 Å². The molecule has 14 heavy (non-hydrogen) atoms. The lowest BCUT2D eigenvalue weighted by Gasteiger charge is -2.33. The number of aliphatic carboxylic acids is 1. The van der Waals surface area contributed by atoms with Crippen molar-refractivity contribution in [3.8, 4) is 0 Å². The van der Waals surface area contributed by atoms with Gasteiger partial charge in [0, 0.05) is 6.04 Å². The van der Waals surface area contributed by atoms with Gasteiger partial charge in [0.25, 0.3) is 0 Å². The molecular weight excluding hydrogens is 180 g/mol. The van der Waals surface area contributed by atoms with E-state index < -0.39 is 12.0 Å². The maximum absolute atomic E-state index is 10.7. The van der Waals surface area contributed by atoms with E-state index in [0.29, 0.717) is 6.42 Å². The van der Waals surface area contributed by atoms with Gasteiger partial charge in [-0.25, -0.2) is 5.43 Å². The molecule has 1 heterocycles. The molecule has 1 saturated heterocycles. The van der Waals surface area contributed by atoms with Gasteiger partial charge < -0.3 is 5.11 Å². The van der Waals surface area contributed by atoms with Crippen molar-refractivity contribution in [2.24, 2.45) is 5.41 Å². The van der Waals surface area contributed by atoms with Crippen LogP contribution in [0.25, 0.3) is 0 Å². The highest BCUT2D eigenvalue weighted by Gasteiger charge is 2.38. The number of hydrazine groups is 1. The molecule has 3 N–H and O–H groups in total. The quantitative estimate of drug-likeness (QED) is 0.636. The van der Waals surface area contributed by atoms with E-state index in [1.54, 1.807) is 0 Å². The van der Waals surface area contributed by atoms with Crippen molar-refractivity contribution in [3.63, 3.8) is 0 Å². The van der Waals surface area contributed by atoms with Gasteiger partial charge in [-0.15, -0.1) is 0 Å². The molecule has 1 rings (SSSR count). The summed E-state index contributed by atoms with van der Waals surface area (Å²) in [6.07, 6.45) is 2.80. The van der Waals surface area contributed by atoms with Gasteiger partial charge in [0.2, 0.25) is 0 Å². The molecule has 0 amide bonds. The first-order valence-corrected chi connectivity index (χ1v) is 5.27.